The van der Waals surface area contributed by atoms with Crippen molar-refractivity contribution in [3.8, 4) is 0 Å². The van der Waals surface area contributed by atoms with E-state index in [-0.39, 0.29) is 5.91 Å². The van der Waals surface area contributed by atoms with E-state index in [1.54, 1.807) is 6.07 Å². The van der Waals surface area contributed by atoms with E-state index in [4.69, 9.17) is 4.98 Å². The van der Waals surface area contributed by atoms with Crippen molar-refractivity contribution in [1.29, 1.82) is 0 Å². The number of aromatic nitrogens is 4. The molecule has 1 aliphatic carbocycles. The molecule has 0 spiro atoms. The van der Waals surface area contributed by atoms with Crippen LogP contribution in [0.15, 0.2) is 42.5 Å². The van der Waals surface area contributed by atoms with Crippen LogP contribution < -0.4 is 21.5 Å². The normalized spacial score (nSPS) is 14.8. The van der Waals surface area contributed by atoms with Gasteiger partial charge in [-0.15, -0.1) is 5.43 Å². The van der Waals surface area contributed by atoms with E-state index >= 15 is 0 Å². The van der Waals surface area contributed by atoms with E-state index in [2.05, 4.69) is 59.3 Å². The van der Waals surface area contributed by atoms with Crippen molar-refractivity contribution in [2.24, 2.45) is 0 Å². The van der Waals surface area contributed by atoms with Crippen molar-refractivity contribution in [1.82, 2.24) is 25.6 Å². The lowest BCUT2D eigenvalue weighted by molar-refractivity contribution is 0.0969. The molecule has 2 aromatic heterocycles. The van der Waals surface area contributed by atoms with Crippen molar-refractivity contribution in [3.63, 3.8) is 0 Å². The zero-order valence-electron chi connectivity index (χ0n) is 16.1. The van der Waals surface area contributed by atoms with Crippen molar-refractivity contribution in [2.45, 2.75) is 18.8 Å². The van der Waals surface area contributed by atoms with Crippen molar-refractivity contribution < 1.29 is 4.79 Å². The highest BCUT2D eigenvalue weighted by Crippen LogP contribution is 2.40. The second kappa shape index (κ2) is 7.08. The third-order valence-corrected chi connectivity index (χ3v) is 5.96. The maximum absolute atomic E-state index is 11.7. The van der Waals surface area contributed by atoms with E-state index < -0.39 is 0 Å². The molecule has 4 N–H and O–H groups in total. The van der Waals surface area contributed by atoms with Gasteiger partial charge >= 0.3 is 0 Å². The fraction of sp³-hybridized carbons (Fsp3) is 0.143. The Bertz CT molecular complexity index is 1350. The molecule has 0 bridgehead atoms. The zero-order chi connectivity index (χ0) is 20.9. The molecule has 1 saturated carbocycles. The van der Waals surface area contributed by atoms with Crippen LogP contribution in [0.3, 0.4) is 0 Å². The van der Waals surface area contributed by atoms with Crippen molar-refractivity contribution in [2.75, 3.05) is 16.1 Å². The lowest BCUT2D eigenvalue weighted by Crippen LogP contribution is -2.10. The smallest absolute Gasteiger partial charge is 0.295 e. The number of halogens is 1. The number of fused-ring (bicyclic) bond motifs is 2. The van der Waals surface area contributed by atoms with Crippen molar-refractivity contribution in [3.05, 3.63) is 57.3 Å². The quantitative estimate of drug-likeness (QED) is 0.286. The number of carbonyl (C=O) groups excluding carboxylic acids is 1. The van der Waals surface area contributed by atoms with Crippen LogP contribution in [0, 0.1) is 3.57 Å². The minimum absolute atomic E-state index is 0.269. The summed E-state index contributed by atoms with van der Waals surface area (Å²) in [5.41, 5.74) is 10.3. The van der Waals surface area contributed by atoms with Gasteiger partial charge in [0, 0.05) is 26.6 Å². The van der Waals surface area contributed by atoms with Crippen LogP contribution in [0.1, 0.15) is 34.8 Å². The molecule has 1 amide bonds. The number of carbonyl (C=O) groups is 1. The molecular weight excluding hydrogens is 507 g/mol. The molecule has 9 nitrogen and oxygen atoms in total. The molecule has 2 aromatic carbocycles. The summed E-state index contributed by atoms with van der Waals surface area (Å²) in [7, 11) is 0. The van der Waals surface area contributed by atoms with Crippen LogP contribution in [0.5, 0.6) is 0 Å². The first-order valence-electron chi connectivity index (χ1n) is 9.84. The maximum Gasteiger partial charge on any atom is 0.295 e. The predicted octanol–water partition coefficient (Wildman–Crippen LogP) is 4.41. The first kappa shape index (κ1) is 18.4. The summed E-state index contributed by atoms with van der Waals surface area (Å²) in [4.78, 5) is 21.1. The SMILES string of the molecule is O=C1[N]Nc2cc(Nc3nc(Nc4cc(C5CC5)n[nH]4)c4cc(I)ccc4n3)ccc21. The average Bonchev–Trinajstić information content (AvgIpc) is 3.40. The predicted molar refractivity (Wildman–Crippen MR) is 126 cm³/mol. The summed E-state index contributed by atoms with van der Waals surface area (Å²) in [5, 5.41) is 15.0. The van der Waals surface area contributed by atoms with Crippen LogP contribution in [0.4, 0.5) is 29.0 Å². The lowest BCUT2D eigenvalue weighted by Gasteiger charge is -2.12. The molecular formula is C21H16IN8O. The Morgan fingerprint density at radius 3 is 2.81 bits per heavy atom. The number of anilines is 5. The molecule has 3 heterocycles. The van der Waals surface area contributed by atoms with E-state index in [1.165, 1.54) is 12.8 Å². The Balaban J connectivity index is 1.36. The molecule has 6 rings (SSSR count). The van der Waals surface area contributed by atoms with Gasteiger partial charge in [0.25, 0.3) is 5.91 Å². The van der Waals surface area contributed by atoms with Gasteiger partial charge in [-0.3, -0.25) is 15.3 Å². The molecule has 1 fully saturated rings. The first-order chi connectivity index (χ1) is 15.1. The Morgan fingerprint density at radius 2 is 1.94 bits per heavy atom. The fourth-order valence-corrected chi connectivity index (χ4v) is 4.06. The highest BCUT2D eigenvalue weighted by atomic mass is 127. The number of aromatic amines is 1. The van der Waals surface area contributed by atoms with Crippen molar-refractivity contribution >= 4 is 68.4 Å². The molecule has 1 radical (unpaired) electrons. The number of nitrogens with one attached hydrogen (secondary N) is 4. The molecule has 0 saturated heterocycles. The summed E-state index contributed by atoms with van der Waals surface area (Å²) >= 11 is 2.28. The monoisotopic (exact) mass is 523 g/mol. The van der Waals surface area contributed by atoms with E-state index in [0.29, 0.717) is 28.9 Å². The minimum Gasteiger partial charge on any atom is -0.325 e. The number of benzene rings is 2. The number of hydrogen-bond acceptors (Lipinski definition) is 7. The second-order valence-electron chi connectivity index (χ2n) is 7.58. The van der Waals surface area contributed by atoms with Crippen LogP contribution in [-0.4, -0.2) is 26.1 Å². The Morgan fingerprint density at radius 1 is 1.03 bits per heavy atom. The highest BCUT2D eigenvalue weighted by molar-refractivity contribution is 14.1. The molecule has 4 aromatic rings. The number of amides is 1. The minimum atomic E-state index is -0.269. The van der Waals surface area contributed by atoms with Crippen LogP contribution in [0.25, 0.3) is 10.9 Å². The van der Waals surface area contributed by atoms with Gasteiger partial charge in [-0.1, -0.05) is 0 Å². The van der Waals surface area contributed by atoms with Gasteiger partial charge in [-0.25, -0.2) is 4.98 Å². The summed E-state index contributed by atoms with van der Waals surface area (Å²) < 4.78 is 1.10. The standard InChI is InChI=1S/C21H16IN8O/c22-11-3-6-15-14(7-11)19(25-18-9-16(27-29-18)10-1-2-10)26-21(24-15)23-12-4-5-13-17(8-12)28-30-20(13)31/h3-10,28H,1-2H2,(H3,23,24,25,26,27,29). The van der Waals surface area contributed by atoms with Gasteiger partial charge in [0.15, 0.2) is 0 Å². The maximum atomic E-state index is 11.7. The van der Waals surface area contributed by atoms with Gasteiger partial charge in [-0.05, 0) is 71.8 Å². The second-order valence-corrected chi connectivity index (χ2v) is 8.82. The van der Waals surface area contributed by atoms with Gasteiger partial charge in [0.2, 0.25) is 5.95 Å². The third-order valence-electron chi connectivity index (χ3n) is 5.29. The molecule has 153 valence electrons. The molecule has 1 aliphatic heterocycles. The summed E-state index contributed by atoms with van der Waals surface area (Å²) in [6.45, 7) is 0. The summed E-state index contributed by atoms with van der Waals surface area (Å²) in [6.07, 6.45) is 2.39. The van der Waals surface area contributed by atoms with Gasteiger partial charge in [0.05, 0.1) is 22.5 Å². The summed E-state index contributed by atoms with van der Waals surface area (Å²) in [5.74, 6) is 2.23. The molecule has 31 heavy (non-hydrogen) atoms. The number of nitrogens with zero attached hydrogens (tertiary/aromatic N) is 4. The van der Waals surface area contributed by atoms with E-state index in [1.807, 2.05) is 36.4 Å². The largest absolute Gasteiger partial charge is 0.325 e. The van der Waals surface area contributed by atoms with Gasteiger partial charge in [0.1, 0.15) is 11.6 Å². The van der Waals surface area contributed by atoms with Gasteiger partial charge < -0.3 is 10.6 Å². The van der Waals surface area contributed by atoms with Crippen LogP contribution >= 0.6 is 22.6 Å². The molecule has 10 heteroatoms. The molecule has 0 atom stereocenters. The number of hydrogen-bond donors (Lipinski definition) is 4. The number of rotatable bonds is 5. The van der Waals surface area contributed by atoms with E-state index in [0.717, 1.165) is 31.7 Å². The average molecular weight is 523 g/mol. The first-order valence-corrected chi connectivity index (χ1v) is 10.9. The Labute approximate surface area is 190 Å². The van der Waals surface area contributed by atoms with Crippen LogP contribution in [-0.2, 0) is 0 Å². The fourth-order valence-electron chi connectivity index (χ4n) is 3.57. The topological polar surface area (TPSA) is 122 Å². The molecule has 0 unspecified atom stereocenters. The summed E-state index contributed by atoms with van der Waals surface area (Å²) in [6, 6.07) is 13.4. The number of H-pyrrole nitrogens is 1. The third kappa shape index (κ3) is 3.52. The Hall–Kier alpha value is -3.41. The molecule has 2 aliphatic rings. The van der Waals surface area contributed by atoms with E-state index in [9.17, 15) is 4.79 Å². The lowest BCUT2D eigenvalue weighted by atomic mass is 10.1. The zero-order valence-corrected chi connectivity index (χ0v) is 18.3. The van der Waals surface area contributed by atoms with Gasteiger partial charge in [-0.2, -0.15) is 10.1 Å². The Kier molecular flexibility index (Phi) is 4.19. The van der Waals surface area contributed by atoms with Crippen LogP contribution in [0.2, 0.25) is 0 Å². The highest BCUT2D eigenvalue weighted by Gasteiger charge is 2.26.